The number of carbonyl (C=O) groups is 1. The van der Waals surface area contributed by atoms with E-state index in [4.69, 9.17) is 10.8 Å². The molecule has 2 atom stereocenters. The van der Waals surface area contributed by atoms with Crippen LogP contribution in [0.15, 0.2) is 24.3 Å². The summed E-state index contributed by atoms with van der Waals surface area (Å²) >= 11 is 0. The third kappa shape index (κ3) is 2.97. The molecule has 1 aliphatic carbocycles. The number of rotatable bonds is 2. The van der Waals surface area contributed by atoms with Gasteiger partial charge in [0.2, 0.25) is 0 Å². The molecule has 1 fully saturated rings. The zero-order chi connectivity index (χ0) is 12.3. The SMILES string of the molecule is NC1CCCCC1NC(=O)c1ccc(O)cc1. The lowest BCUT2D eigenvalue weighted by molar-refractivity contribution is 0.0921. The molecule has 1 aliphatic rings. The third-order valence-corrected chi connectivity index (χ3v) is 3.27. The highest BCUT2D eigenvalue weighted by molar-refractivity contribution is 5.94. The largest absolute Gasteiger partial charge is 0.508 e. The molecule has 1 amide bonds. The van der Waals surface area contributed by atoms with Crippen molar-refractivity contribution in [3.8, 4) is 5.75 Å². The van der Waals surface area contributed by atoms with Crippen LogP contribution in [0.5, 0.6) is 5.75 Å². The topological polar surface area (TPSA) is 75.3 Å². The van der Waals surface area contributed by atoms with E-state index in [-0.39, 0.29) is 23.7 Å². The second-order valence-electron chi connectivity index (χ2n) is 4.58. The Bertz CT molecular complexity index is 389. The van der Waals surface area contributed by atoms with Crippen LogP contribution in [-0.2, 0) is 0 Å². The van der Waals surface area contributed by atoms with Crippen molar-refractivity contribution < 1.29 is 9.90 Å². The van der Waals surface area contributed by atoms with Gasteiger partial charge in [-0.1, -0.05) is 12.8 Å². The molecule has 0 aliphatic heterocycles. The van der Waals surface area contributed by atoms with Gasteiger partial charge in [0.05, 0.1) is 0 Å². The van der Waals surface area contributed by atoms with Gasteiger partial charge in [0.15, 0.2) is 0 Å². The van der Waals surface area contributed by atoms with Crippen LogP contribution in [0.25, 0.3) is 0 Å². The van der Waals surface area contributed by atoms with E-state index in [9.17, 15) is 4.79 Å². The highest BCUT2D eigenvalue weighted by Gasteiger charge is 2.23. The van der Waals surface area contributed by atoms with Crippen LogP contribution in [0, 0.1) is 0 Å². The van der Waals surface area contributed by atoms with Crippen molar-refractivity contribution >= 4 is 5.91 Å². The predicted octanol–water partition coefficient (Wildman–Crippen LogP) is 1.39. The van der Waals surface area contributed by atoms with Crippen molar-refractivity contribution in [3.05, 3.63) is 29.8 Å². The van der Waals surface area contributed by atoms with Crippen molar-refractivity contribution in [3.63, 3.8) is 0 Å². The van der Waals surface area contributed by atoms with Crippen LogP contribution >= 0.6 is 0 Å². The van der Waals surface area contributed by atoms with E-state index >= 15 is 0 Å². The van der Waals surface area contributed by atoms with E-state index < -0.39 is 0 Å². The lowest BCUT2D eigenvalue weighted by Crippen LogP contribution is -2.49. The molecule has 17 heavy (non-hydrogen) atoms. The van der Waals surface area contributed by atoms with E-state index in [2.05, 4.69) is 5.32 Å². The molecule has 0 heterocycles. The summed E-state index contributed by atoms with van der Waals surface area (Å²) in [5.74, 6) is 0.0447. The summed E-state index contributed by atoms with van der Waals surface area (Å²) in [4.78, 5) is 11.9. The molecule has 2 unspecified atom stereocenters. The third-order valence-electron chi connectivity index (χ3n) is 3.27. The summed E-state index contributed by atoms with van der Waals surface area (Å²) in [5.41, 5.74) is 6.53. The van der Waals surface area contributed by atoms with Gasteiger partial charge in [-0.2, -0.15) is 0 Å². The molecule has 92 valence electrons. The molecule has 0 aromatic heterocycles. The highest BCUT2D eigenvalue weighted by Crippen LogP contribution is 2.17. The Morgan fingerprint density at radius 2 is 1.88 bits per heavy atom. The molecule has 0 spiro atoms. The van der Waals surface area contributed by atoms with E-state index in [1.807, 2.05) is 0 Å². The predicted molar refractivity (Wildman–Crippen MR) is 65.8 cm³/mol. The summed E-state index contributed by atoms with van der Waals surface area (Å²) in [7, 11) is 0. The number of benzene rings is 1. The van der Waals surface area contributed by atoms with Crippen molar-refractivity contribution in [1.82, 2.24) is 5.32 Å². The minimum Gasteiger partial charge on any atom is -0.508 e. The monoisotopic (exact) mass is 234 g/mol. The minimum atomic E-state index is -0.118. The van der Waals surface area contributed by atoms with Gasteiger partial charge in [0.25, 0.3) is 5.91 Å². The summed E-state index contributed by atoms with van der Waals surface area (Å²) in [6.07, 6.45) is 4.19. The number of phenols is 1. The van der Waals surface area contributed by atoms with E-state index in [1.165, 1.54) is 12.1 Å². The number of aromatic hydroxyl groups is 1. The van der Waals surface area contributed by atoms with Crippen LogP contribution in [-0.4, -0.2) is 23.1 Å². The first-order valence-electron chi connectivity index (χ1n) is 6.02. The smallest absolute Gasteiger partial charge is 0.251 e. The number of amides is 1. The Hall–Kier alpha value is -1.55. The van der Waals surface area contributed by atoms with Crippen LogP contribution in [0.4, 0.5) is 0 Å². The summed E-state index contributed by atoms with van der Waals surface area (Å²) in [5, 5.41) is 12.1. The van der Waals surface area contributed by atoms with Crippen LogP contribution < -0.4 is 11.1 Å². The zero-order valence-corrected chi connectivity index (χ0v) is 9.73. The summed E-state index contributed by atoms with van der Waals surface area (Å²) in [6, 6.07) is 6.37. The number of carbonyl (C=O) groups excluding carboxylic acids is 1. The average molecular weight is 234 g/mol. The van der Waals surface area contributed by atoms with Crippen molar-refractivity contribution in [2.75, 3.05) is 0 Å². The van der Waals surface area contributed by atoms with Gasteiger partial charge in [0, 0.05) is 17.6 Å². The highest BCUT2D eigenvalue weighted by atomic mass is 16.3. The number of phenolic OH excluding ortho intramolecular Hbond substituents is 1. The zero-order valence-electron chi connectivity index (χ0n) is 9.73. The minimum absolute atomic E-state index is 0.0600. The number of nitrogens with one attached hydrogen (secondary N) is 1. The Morgan fingerprint density at radius 1 is 1.24 bits per heavy atom. The second kappa shape index (κ2) is 5.19. The van der Waals surface area contributed by atoms with Crippen molar-refractivity contribution in [1.29, 1.82) is 0 Å². The quantitative estimate of drug-likeness (QED) is 0.724. The summed E-state index contributed by atoms with van der Waals surface area (Å²) < 4.78 is 0. The Kier molecular flexibility index (Phi) is 3.64. The fourth-order valence-corrected chi connectivity index (χ4v) is 2.20. The first-order valence-corrected chi connectivity index (χ1v) is 6.02. The van der Waals surface area contributed by atoms with Crippen molar-refractivity contribution in [2.45, 2.75) is 37.8 Å². The fourth-order valence-electron chi connectivity index (χ4n) is 2.20. The van der Waals surface area contributed by atoms with Gasteiger partial charge >= 0.3 is 0 Å². The van der Waals surface area contributed by atoms with Crippen LogP contribution in [0.2, 0.25) is 0 Å². The molecule has 0 radical (unpaired) electrons. The van der Waals surface area contributed by atoms with Gasteiger partial charge in [-0.25, -0.2) is 0 Å². The lowest BCUT2D eigenvalue weighted by Gasteiger charge is -2.29. The van der Waals surface area contributed by atoms with Gasteiger partial charge in [0.1, 0.15) is 5.75 Å². The molecule has 2 rings (SSSR count). The number of nitrogens with two attached hydrogens (primary N) is 1. The van der Waals surface area contributed by atoms with Gasteiger partial charge in [-0.3, -0.25) is 4.79 Å². The Balaban J connectivity index is 1.98. The maximum Gasteiger partial charge on any atom is 0.251 e. The van der Waals surface area contributed by atoms with E-state index in [0.29, 0.717) is 5.56 Å². The fraction of sp³-hybridized carbons (Fsp3) is 0.462. The average Bonchev–Trinajstić information content (AvgIpc) is 2.33. The molecule has 0 saturated heterocycles. The molecule has 1 aromatic carbocycles. The molecular weight excluding hydrogens is 216 g/mol. The van der Waals surface area contributed by atoms with Gasteiger partial charge in [-0.15, -0.1) is 0 Å². The Labute approximate surface area is 101 Å². The first kappa shape index (κ1) is 11.9. The molecular formula is C13H18N2O2. The van der Waals surface area contributed by atoms with Crippen molar-refractivity contribution in [2.24, 2.45) is 5.73 Å². The molecule has 4 nitrogen and oxygen atoms in total. The molecule has 0 bridgehead atoms. The maximum absolute atomic E-state index is 11.9. The molecule has 4 N–H and O–H groups in total. The van der Waals surface area contributed by atoms with Gasteiger partial charge < -0.3 is 16.2 Å². The standard InChI is InChI=1S/C13H18N2O2/c14-11-3-1-2-4-12(11)15-13(17)9-5-7-10(16)8-6-9/h5-8,11-12,16H,1-4,14H2,(H,15,17). The Morgan fingerprint density at radius 3 is 2.53 bits per heavy atom. The molecule has 4 heteroatoms. The van der Waals surface area contributed by atoms with E-state index in [0.717, 1.165) is 25.7 Å². The maximum atomic E-state index is 11.9. The molecule has 1 aromatic rings. The normalized spacial score (nSPS) is 24.3. The molecule has 1 saturated carbocycles. The number of hydrogen-bond donors (Lipinski definition) is 3. The lowest BCUT2D eigenvalue weighted by atomic mass is 9.91. The van der Waals surface area contributed by atoms with Crippen LogP contribution in [0.1, 0.15) is 36.0 Å². The first-order chi connectivity index (χ1) is 8.16. The number of hydrogen-bond acceptors (Lipinski definition) is 3. The van der Waals surface area contributed by atoms with Crippen LogP contribution in [0.3, 0.4) is 0 Å². The van der Waals surface area contributed by atoms with Gasteiger partial charge in [-0.05, 0) is 37.1 Å². The summed E-state index contributed by atoms with van der Waals surface area (Å²) in [6.45, 7) is 0. The second-order valence-corrected chi connectivity index (χ2v) is 4.58. The van der Waals surface area contributed by atoms with E-state index in [1.54, 1.807) is 12.1 Å².